The highest BCUT2D eigenvalue weighted by Gasteiger charge is 2.14. The average molecular weight is 367 g/mol. The lowest BCUT2D eigenvalue weighted by Crippen LogP contribution is -2.26. The number of methoxy groups -OCH3 is 1. The van der Waals surface area contributed by atoms with E-state index >= 15 is 0 Å². The summed E-state index contributed by atoms with van der Waals surface area (Å²) in [5.41, 5.74) is 1.20. The first kappa shape index (κ1) is 18.1. The lowest BCUT2D eigenvalue weighted by atomic mass is 10.2. The first-order chi connectivity index (χ1) is 13.0. The van der Waals surface area contributed by atoms with Crippen molar-refractivity contribution in [3.05, 3.63) is 70.3 Å². The maximum Gasteiger partial charge on any atom is 0.343 e. The number of nitrogens with zero attached hydrogens (tertiary/aromatic N) is 2. The Morgan fingerprint density at radius 2 is 2.04 bits per heavy atom. The third kappa shape index (κ3) is 4.12. The Hall–Kier alpha value is -3.68. The van der Waals surface area contributed by atoms with E-state index < -0.39 is 17.4 Å². The summed E-state index contributed by atoms with van der Waals surface area (Å²) in [5.74, 6) is -0.731. The first-order valence-electron chi connectivity index (χ1n) is 8.07. The van der Waals surface area contributed by atoms with E-state index in [9.17, 15) is 14.4 Å². The summed E-state index contributed by atoms with van der Waals surface area (Å²) in [6.07, 6.45) is 2.88. The number of pyridine rings is 1. The maximum atomic E-state index is 12.6. The molecule has 27 heavy (non-hydrogen) atoms. The number of amides is 1. The van der Waals surface area contributed by atoms with Crippen LogP contribution in [0.3, 0.4) is 0 Å². The monoisotopic (exact) mass is 367 g/mol. The van der Waals surface area contributed by atoms with Crippen molar-refractivity contribution in [3.63, 3.8) is 0 Å². The van der Waals surface area contributed by atoms with E-state index in [4.69, 9.17) is 4.74 Å². The van der Waals surface area contributed by atoms with Crippen molar-refractivity contribution in [2.75, 3.05) is 19.0 Å². The van der Waals surface area contributed by atoms with Crippen LogP contribution in [-0.4, -0.2) is 35.0 Å². The van der Waals surface area contributed by atoms with Crippen LogP contribution in [0.5, 0.6) is 5.75 Å². The van der Waals surface area contributed by atoms with E-state index in [-0.39, 0.29) is 12.2 Å². The number of carbonyl (C=O) groups is 2. The normalized spacial score (nSPS) is 10.4. The first-order valence-corrected chi connectivity index (χ1v) is 8.07. The zero-order chi connectivity index (χ0) is 19.4. The van der Waals surface area contributed by atoms with Crippen LogP contribution >= 0.6 is 0 Å². The van der Waals surface area contributed by atoms with Gasteiger partial charge in [0.25, 0.3) is 11.5 Å². The third-order valence-electron chi connectivity index (χ3n) is 3.77. The Morgan fingerprint density at radius 1 is 1.22 bits per heavy atom. The van der Waals surface area contributed by atoms with Crippen LogP contribution < -0.4 is 15.6 Å². The van der Waals surface area contributed by atoms with Crippen molar-refractivity contribution >= 4 is 23.2 Å². The summed E-state index contributed by atoms with van der Waals surface area (Å²) in [7, 11) is 1.26. The molecule has 0 radical (unpaired) electrons. The smallest absolute Gasteiger partial charge is 0.343 e. The fourth-order valence-corrected chi connectivity index (χ4v) is 2.40. The quantitative estimate of drug-likeness (QED) is 0.691. The molecule has 8 nitrogen and oxygen atoms in total. The number of ether oxygens (including phenoxy) is 2. The SMILES string of the molecule is COC(=O)COc1cccc(NC(=O)c2cnc3ccc(C)cn3c2=O)c1. The Kier molecular flexibility index (Phi) is 5.16. The molecule has 2 aromatic heterocycles. The predicted octanol–water partition coefficient (Wildman–Crippen LogP) is 1.81. The van der Waals surface area contributed by atoms with Crippen LogP contribution in [0, 0.1) is 6.92 Å². The van der Waals surface area contributed by atoms with E-state index in [0.29, 0.717) is 17.1 Å². The molecule has 0 aliphatic heterocycles. The number of fused-ring (bicyclic) bond motifs is 1. The van der Waals surface area contributed by atoms with E-state index in [2.05, 4.69) is 15.0 Å². The van der Waals surface area contributed by atoms with Crippen LogP contribution in [0.4, 0.5) is 5.69 Å². The number of carbonyl (C=O) groups excluding carboxylic acids is 2. The Balaban J connectivity index is 1.81. The summed E-state index contributed by atoms with van der Waals surface area (Å²) in [6, 6.07) is 10.0. The molecule has 0 fully saturated rings. The van der Waals surface area contributed by atoms with Crippen LogP contribution in [0.2, 0.25) is 0 Å². The number of esters is 1. The van der Waals surface area contributed by atoms with Crippen molar-refractivity contribution in [2.45, 2.75) is 6.92 Å². The molecule has 0 aliphatic rings. The number of aromatic nitrogens is 2. The summed E-state index contributed by atoms with van der Waals surface area (Å²) < 4.78 is 11.1. The zero-order valence-corrected chi connectivity index (χ0v) is 14.8. The Labute approximate surface area is 154 Å². The van der Waals surface area contributed by atoms with Crippen molar-refractivity contribution in [1.82, 2.24) is 9.38 Å². The van der Waals surface area contributed by atoms with Crippen LogP contribution in [0.15, 0.2) is 53.6 Å². The lowest BCUT2D eigenvalue weighted by molar-refractivity contribution is -0.142. The minimum Gasteiger partial charge on any atom is -0.482 e. The van der Waals surface area contributed by atoms with E-state index in [1.165, 1.54) is 23.8 Å². The average Bonchev–Trinajstić information content (AvgIpc) is 2.67. The Morgan fingerprint density at radius 3 is 2.81 bits per heavy atom. The standard InChI is InChI=1S/C19H17N3O5/c1-12-6-7-16-20-9-15(19(25)22(16)10-12)18(24)21-13-4-3-5-14(8-13)27-11-17(23)26-2/h3-10H,11H2,1-2H3,(H,21,24). The molecule has 3 rings (SSSR count). The highest BCUT2D eigenvalue weighted by Crippen LogP contribution is 2.18. The van der Waals surface area contributed by atoms with Crippen molar-refractivity contribution < 1.29 is 19.1 Å². The molecule has 1 amide bonds. The topological polar surface area (TPSA) is 99.0 Å². The molecule has 138 valence electrons. The van der Waals surface area contributed by atoms with E-state index in [1.54, 1.807) is 30.5 Å². The maximum absolute atomic E-state index is 12.6. The lowest BCUT2D eigenvalue weighted by Gasteiger charge is -2.09. The van der Waals surface area contributed by atoms with Gasteiger partial charge in [-0.05, 0) is 30.7 Å². The molecule has 2 heterocycles. The zero-order valence-electron chi connectivity index (χ0n) is 14.8. The number of rotatable bonds is 5. The largest absolute Gasteiger partial charge is 0.482 e. The van der Waals surface area contributed by atoms with Crippen LogP contribution in [0.1, 0.15) is 15.9 Å². The van der Waals surface area contributed by atoms with E-state index in [0.717, 1.165) is 5.56 Å². The molecule has 0 spiro atoms. The van der Waals surface area contributed by atoms with E-state index in [1.807, 2.05) is 13.0 Å². The number of benzene rings is 1. The van der Waals surface area contributed by atoms with Crippen LogP contribution in [0.25, 0.3) is 5.65 Å². The van der Waals surface area contributed by atoms with Gasteiger partial charge in [-0.15, -0.1) is 0 Å². The molecule has 1 aromatic carbocycles. The number of aryl methyl sites for hydroxylation is 1. The molecule has 3 aromatic rings. The molecule has 0 aliphatic carbocycles. The second-order valence-electron chi connectivity index (χ2n) is 5.76. The molecule has 0 bridgehead atoms. The van der Waals surface area contributed by atoms with Gasteiger partial charge in [-0.25, -0.2) is 9.78 Å². The molecule has 0 saturated carbocycles. The summed E-state index contributed by atoms with van der Waals surface area (Å²) in [4.78, 5) is 40.4. The highest BCUT2D eigenvalue weighted by molar-refractivity contribution is 6.04. The number of hydrogen-bond acceptors (Lipinski definition) is 6. The van der Waals surface area contributed by atoms with Crippen LogP contribution in [-0.2, 0) is 9.53 Å². The van der Waals surface area contributed by atoms with Crippen molar-refractivity contribution in [2.24, 2.45) is 0 Å². The molecular formula is C19H17N3O5. The van der Waals surface area contributed by atoms with Gasteiger partial charge in [0.1, 0.15) is 17.0 Å². The number of anilines is 1. The molecule has 0 unspecified atom stereocenters. The van der Waals surface area contributed by atoms with Gasteiger partial charge in [0.2, 0.25) is 0 Å². The van der Waals surface area contributed by atoms with Gasteiger partial charge in [0, 0.05) is 24.1 Å². The van der Waals surface area contributed by atoms with Gasteiger partial charge in [-0.3, -0.25) is 14.0 Å². The van der Waals surface area contributed by atoms with Crippen molar-refractivity contribution in [1.29, 1.82) is 0 Å². The third-order valence-corrected chi connectivity index (χ3v) is 3.77. The number of hydrogen-bond donors (Lipinski definition) is 1. The fourth-order valence-electron chi connectivity index (χ4n) is 2.40. The van der Waals surface area contributed by atoms with Gasteiger partial charge >= 0.3 is 5.97 Å². The number of nitrogens with one attached hydrogen (secondary N) is 1. The van der Waals surface area contributed by atoms with Crippen molar-refractivity contribution in [3.8, 4) is 5.75 Å². The summed E-state index contributed by atoms with van der Waals surface area (Å²) in [6.45, 7) is 1.60. The predicted molar refractivity (Wildman–Crippen MR) is 98.1 cm³/mol. The fraction of sp³-hybridized carbons (Fsp3) is 0.158. The molecule has 0 saturated heterocycles. The molecule has 0 atom stereocenters. The summed E-state index contributed by atoms with van der Waals surface area (Å²) >= 11 is 0. The Bertz CT molecular complexity index is 1070. The van der Waals surface area contributed by atoms with Gasteiger partial charge in [0.05, 0.1) is 7.11 Å². The highest BCUT2D eigenvalue weighted by atomic mass is 16.6. The molecule has 8 heteroatoms. The second-order valence-corrected chi connectivity index (χ2v) is 5.76. The van der Waals surface area contributed by atoms with Gasteiger partial charge < -0.3 is 14.8 Å². The molecule has 1 N–H and O–H groups in total. The second kappa shape index (κ2) is 7.69. The van der Waals surface area contributed by atoms with Gasteiger partial charge in [-0.2, -0.15) is 0 Å². The summed E-state index contributed by atoms with van der Waals surface area (Å²) in [5, 5.41) is 2.63. The minimum absolute atomic E-state index is 0.0843. The van der Waals surface area contributed by atoms with Gasteiger partial charge in [-0.1, -0.05) is 12.1 Å². The minimum atomic E-state index is -0.589. The van der Waals surface area contributed by atoms with Gasteiger partial charge in [0.15, 0.2) is 6.61 Å². The molecular weight excluding hydrogens is 350 g/mol.